The average Bonchev–Trinajstić information content (AvgIpc) is 3.26. The minimum Gasteiger partial charge on any atom is -0.497 e. The molecule has 1 aromatic heterocycles. The molecule has 0 radical (unpaired) electrons. The number of hydrogen-bond acceptors (Lipinski definition) is 5. The highest BCUT2D eigenvalue weighted by Gasteiger charge is 2.53. The number of fused-ring (bicyclic) bond motifs is 3. The summed E-state index contributed by atoms with van der Waals surface area (Å²) in [5.41, 5.74) is 1.66. The Morgan fingerprint density at radius 3 is 2.58 bits per heavy atom. The summed E-state index contributed by atoms with van der Waals surface area (Å²) in [6.07, 6.45) is 2.65. The summed E-state index contributed by atoms with van der Waals surface area (Å²) in [6.45, 7) is 6.49. The summed E-state index contributed by atoms with van der Waals surface area (Å²) >= 11 is 0. The lowest BCUT2D eigenvalue weighted by molar-refractivity contribution is -0.676. The number of benzene rings is 1. The number of nitrogens with zero attached hydrogens (tertiary/aromatic N) is 5. The fourth-order valence-corrected chi connectivity index (χ4v) is 4.05. The number of aryl methyl sites for hydroxylation is 1. The van der Waals surface area contributed by atoms with E-state index in [1.54, 1.807) is 27.3 Å². The molecule has 1 fully saturated rings. The number of aromatic nitrogens is 2. The summed E-state index contributed by atoms with van der Waals surface area (Å²) < 4.78 is 14.6. The van der Waals surface area contributed by atoms with E-state index in [1.165, 1.54) is 9.80 Å². The summed E-state index contributed by atoms with van der Waals surface area (Å²) in [6, 6.07) is 4.54. The van der Waals surface area contributed by atoms with Crippen molar-refractivity contribution in [3.63, 3.8) is 0 Å². The number of amides is 3. The fourth-order valence-electron chi connectivity index (χ4n) is 4.05. The molecule has 2 aliphatic heterocycles. The second kappa shape index (κ2) is 7.72. The van der Waals surface area contributed by atoms with Crippen molar-refractivity contribution in [2.24, 2.45) is 10.9 Å². The molecule has 9 nitrogen and oxygen atoms in total. The summed E-state index contributed by atoms with van der Waals surface area (Å²) in [7, 11) is 4.86. The highest BCUT2D eigenvalue weighted by molar-refractivity contribution is 6.19. The van der Waals surface area contributed by atoms with Crippen LogP contribution in [-0.2, 0) is 4.79 Å². The number of imidazole rings is 1. The van der Waals surface area contributed by atoms with Gasteiger partial charge in [0.05, 0.1) is 14.2 Å². The van der Waals surface area contributed by atoms with Gasteiger partial charge in [0.15, 0.2) is 5.75 Å². The van der Waals surface area contributed by atoms with Gasteiger partial charge in [0.25, 0.3) is 5.91 Å². The molecule has 31 heavy (non-hydrogen) atoms. The lowest BCUT2D eigenvalue weighted by atomic mass is 10.1. The van der Waals surface area contributed by atoms with Crippen LogP contribution >= 0.6 is 0 Å². The van der Waals surface area contributed by atoms with Gasteiger partial charge in [-0.3, -0.25) is 14.6 Å². The van der Waals surface area contributed by atoms with Crippen LogP contribution in [0.3, 0.4) is 0 Å². The molecule has 4 rings (SSSR count). The Bertz CT molecular complexity index is 1090. The molecule has 9 heteroatoms. The number of imide groups is 1. The van der Waals surface area contributed by atoms with Crippen molar-refractivity contribution in [2.45, 2.75) is 33.2 Å². The van der Waals surface area contributed by atoms with Crippen molar-refractivity contribution < 1.29 is 23.6 Å². The Morgan fingerprint density at radius 1 is 1.19 bits per heavy atom. The number of rotatable bonds is 6. The maximum atomic E-state index is 13.3. The van der Waals surface area contributed by atoms with Crippen molar-refractivity contribution in [1.29, 1.82) is 0 Å². The molecule has 3 heterocycles. The Morgan fingerprint density at radius 2 is 1.94 bits per heavy atom. The van der Waals surface area contributed by atoms with Crippen LogP contribution in [-0.4, -0.2) is 60.0 Å². The standard InChI is InChI=1S/C22H28N5O4/c1-13(2)9-10-25-20(28)18-19(24(4)22(25)29)23-21-26(18)12-14(3)27(21)16-8-7-15(30-5)11-17(16)31-6/h7-8,11-13,18H,9-10H2,1-6H3/q+1. The van der Waals surface area contributed by atoms with Gasteiger partial charge in [-0.25, -0.2) is 9.36 Å². The topological polar surface area (TPSA) is 80.2 Å². The van der Waals surface area contributed by atoms with Gasteiger partial charge in [-0.1, -0.05) is 18.8 Å². The van der Waals surface area contributed by atoms with E-state index in [-0.39, 0.29) is 11.9 Å². The zero-order valence-corrected chi connectivity index (χ0v) is 18.7. The van der Waals surface area contributed by atoms with E-state index in [1.807, 2.05) is 34.4 Å². The largest absolute Gasteiger partial charge is 0.497 e. The quantitative estimate of drug-likeness (QED) is 0.665. The molecule has 164 valence electrons. The minimum atomic E-state index is -0.658. The Labute approximate surface area is 181 Å². The second-order valence-electron chi connectivity index (χ2n) is 8.24. The van der Waals surface area contributed by atoms with Gasteiger partial charge in [-0.15, -0.1) is 0 Å². The van der Waals surface area contributed by atoms with Crippen LogP contribution < -0.4 is 14.0 Å². The minimum absolute atomic E-state index is 0.245. The molecule has 1 saturated heterocycles. The van der Waals surface area contributed by atoms with Gasteiger partial charge in [0.1, 0.15) is 23.3 Å². The van der Waals surface area contributed by atoms with Gasteiger partial charge < -0.3 is 9.47 Å². The second-order valence-corrected chi connectivity index (χ2v) is 8.24. The molecule has 2 aromatic rings. The molecule has 2 aliphatic rings. The lowest BCUT2D eigenvalue weighted by Gasteiger charge is -2.33. The van der Waals surface area contributed by atoms with E-state index in [2.05, 4.69) is 13.8 Å². The molecule has 1 atom stereocenters. The molecular formula is C22H28N5O4+. The van der Waals surface area contributed by atoms with Crippen LogP contribution in [0.5, 0.6) is 11.5 Å². The third-order valence-corrected chi connectivity index (χ3v) is 5.77. The zero-order chi connectivity index (χ0) is 22.4. The number of urea groups is 1. The first-order valence-electron chi connectivity index (χ1n) is 10.3. The number of aliphatic imine (C=N–C) groups is 1. The van der Waals surface area contributed by atoms with Crippen LogP contribution in [0.4, 0.5) is 10.7 Å². The molecule has 0 N–H and O–H groups in total. The predicted molar refractivity (Wildman–Crippen MR) is 114 cm³/mol. The molecule has 1 unspecified atom stereocenters. The van der Waals surface area contributed by atoms with E-state index >= 15 is 0 Å². The maximum Gasteiger partial charge on any atom is 0.407 e. The van der Waals surface area contributed by atoms with E-state index in [9.17, 15) is 9.59 Å². The van der Waals surface area contributed by atoms with E-state index in [0.717, 1.165) is 17.8 Å². The normalized spacial score (nSPS) is 17.8. The molecule has 3 amide bonds. The van der Waals surface area contributed by atoms with Crippen LogP contribution in [0.15, 0.2) is 29.4 Å². The number of amidine groups is 1. The van der Waals surface area contributed by atoms with Gasteiger partial charge in [-0.2, -0.15) is 4.57 Å². The number of likely N-dealkylation sites (N-methyl/N-ethyl adjacent to an activating group) is 1. The Hall–Kier alpha value is -3.36. The Kier molecular flexibility index (Phi) is 5.20. The number of methoxy groups -OCH3 is 2. The maximum absolute atomic E-state index is 13.3. The number of ether oxygens (including phenoxy) is 2. The highest BCUT2D eigenvalue weighted by atomic mass is 16.5. The Balaban J connectivity index is 1.80. The van der Waals surface area contributed by atoms with Gasteiger partial charge in [0.2, 0.25) is 11.9 Å². The molecular weight excluding hydrogens is 398 g/mol. The molecule has 0 spiro atoms. The summed E-state index contributed by atoms with van der Waals surface area (Å²) in [5, 5.41) is 0. The molecule has 1 aromatic carbocycles. The van der Waals surface area contributed by atoms with Crippen LogP contribution in [0.25, 0.3) is 5.69 Å². The lowest BCUT2D eigenvalue weighted by Crippen LogP contribution is -2.62. The highest BCUT2D eigenvalue weighted by Crippen LogP contribution is 2.35. The van der Waals surface area contributed by atoms with Gasteiger partial charge in [0, 0.05) is 19.7 Å². The van der Waals surface area contributed by atoms with E-state index in [0.29, 0.717) is 35.7 Å². The van der Waals surface area contributed by atoms with Crippen molar-refractivity contribution in [2.75, 3.05) is 27.8 Å². The van der Waals surface area contributed by atoms with E-state index in [4.69, 9.17) is 14.5 Å². The number of carbonyl (C=O) groups excluding carboxylic acids is 2. The summed E-state index contributed by atoms with van der Waals surface area (Å²) in [5.74, 6) is 2.44. The number of hydrogen-bond donors (Lipinski definition) is 0. The van der Waals surface area contributed by atoms with E-state index < -0.39 is 6.04 Å². The summed E-state index contributed by atoms with van der Waals surface area (Å²) in [4.78, 5) is 33.7. The molecule has 0 bridgehead atoms. The van der Waals surface area contributed by atoms with Crippen molar-refractivity contribution >= 4 is 23.7 Å². The third-order valence-electron chi connectivity index (χ3n) is 5.77. The SMILES string of the molecule is COc1ccc(-n2c(C)c[n+]3c2N=C2C3C(=O)N(CCC(C)C)C(=O)N2C)c(OC)c1. The number of carbonyl (C=O) groups is 2. The smallest absolute Gasteiger partial charge is 0.407 e. The van der Waals surface area contributed by atoms with Crippen molar-refractivity contribution in [1.82, 2.24) is 14.4 Å². The monoisotopic (exact) mass is 426 g/mol. The van der Waals surface area contributed by atoms with Crippen LogP contribution in [0.1, 0.15) is 32.0 Å². The molecule has 0 aliphatic carbocycles. The predicted octanol–water partition coefficient (Wildman–Crippen LogP) is 2.62. The van der Waals surface area contributed by atoms with Crippen LogP contribution in [0.2, 0.25) is 0 Å². The third kappa shape index (κ3) is 3.24. The average molecular weight is 426 g/mol. The fraction of sp³-hybridized carbons (Fsp3) is 0.455. The first kappa shape index (κ1) is 20.9. The van der Waals surface area contributed by atoms with Crippen LogP contribution in [0, 0.1) is 12.8 Å². The van der Waals surface area contributed by atoms with Crippen molar-refractivity contribution in [3.05, 3.63) is 30.1 Å². The van der Waals surface area contributed by atoms with Gasteiger partial charge >= 0.3 is 12.0 Å². The molecule has 0 saturated carbocycles. The van der Waals surface area contributed by atoms with Crippen molar-refractivity contribution in [3.8, 4) is 17.2 Å². The van der Waals surface area contributed by atoms with Gasteiger partial charge in [-0.05, 0) is 31.4 Å². The zero-order valence-electron chi connectivity index (χ0n) is 18.7. The first-order valence-corrected chi connectivity index (χ1v) is 10.3. The first-order chi connectivity index (χ1) is 14.8.